The lowest BCUT2D eigenvalue weighted by molar-refractivity contribution is 0.380. The van der Waals surface area contributed by atoms with Crippen molar-refractivity contribution >= 4 is 17.4 Å². The van der Waals surface area contributed by atoms with Crippen molar-refractivity contribution in [3.63, 3.8) is 0 Å². The molecular formula is C11H19ClN4O. The molecule has 0 amide bonds. The molecule has 0 fully saturated rings. The fourth-order valence-corrected chi connectivity index (χ4v) is 1.62. The van der Waals surface area contributed by atoms with Gasteiger partial charge < -0.3 is 15.8 Å². The molecule has 0 radical (unpaired) electrons. The Balaban J connectivity index is 2.84. The third-order valence-corrected chi connectivity index (χ3v) is 2.79. The van der Waals surface area contributed by atoms with Crippen LogP contribution in [0.4, 0.5) is 5.82 Å². The van der Waals surface area contributed by atoms with Crippen LogP contribution in [-0.2, 0) is 0 Å². The minimum absolute atomic E-state index is 0.233. The highest BCUT2D eigenvalue weighted by molar-refractivity contribution is 6.32. The average molecular weight is 259 g/mol. The van der Waals surface area contributed by atoms with Crippen LogP contribution in [0.1, 0.15) is 20.3 Å². The van der Waals surface area contributed by atoms with Crippen molar-refractivity contribution < 1.29 is 4.74 Å². The summed E-state index contributed by atoms with van der Waals surface area (Å²) in [6.45, 7) is 4.87. The van der Waals surface area contributed by atoms with Crippen LogP contribution in [0.25, 0.3) is 0 Å². The molecule has 6 heteroatoms. The fourth-order valence-electron chi connectivity index (χ4n) is 1.48. The molecule has 1 aromatic heterocycles. The number of nitrogens with zero attached hydrogens (tertiary/aromatic N) is 2. The van der Waals surface area contributed by atoms with Crippen LogP contribution < -0.4 is 15.8 Å². The van der Waals surface area contributed by atoms with Gasteiger partial charge in [0, 0.05) is 6.04 Å². The summed E-state index contributed by atoms with van der Waals surface area (Å²) >= 11 is 6.03. The number of hydrogen-bond acceptors (Lipinski definition) is 5. The van der Waals surface area contributed by atoms with Crippen LogP contribution in [0.2, 0.25) is 5.02 Å². The van der Waals surface area contributed by atoms with Crippen molar-refractivity contribution in [1.29, 1.82) is 0 Å². The van der Waals surface area contributed by atoms with Crippen molar-refractivity contribution in [2.75, 3.05) is 19.0 Å². The Bertz CT molecular complexity index is 359. The van der Waals surface area contributed by atoms with E-state index in [1.165, 1.54) is 13.3 Å². The molecule has 5 nitrogen and oxygen atoms in total. The van der Waals surface area contributed by atoms with E-state index in [0.717, 1.165) is 6.42 Å². The molecule has 0 spiro atoms. The quantitative estimate of drug-likeness (QED) is 0.816. The Morgan fingerprint density at radius 1 is 1.53 bits per heavy atom. The summed E-state index contributed by atoms with van der Waals surface area (Å²) in [5, 5.41) is 3.76. The van der Waals surface area contributed by atoms with E-state index in [1.54, 1.807) is 0 Å². The van der Waals surface area contributed by atoms with Crippen LogP contribution in [0.3, 0.4) is 0 Å². The molecule has 0 aliphatic rings. The lowest BCUT2D eigenvalue weighted by Gasteiger charge is -2.22. The summed E-state index contributed by atoms with van der Waals surface area (Å²) in [4.78, 5) is 8.10. The van der Waals surface area contributed by atoms with Gasteiger partial charge in [0.2, 0.25) is 0 Å². The summed E-state index contributed by atoms with van der Waals surface area (Å²) in [6, 6.07) is 0.532. The SMILES string of the molecule is COc1ncc(Cl)c(NC(CCN)C(C)C)n1. The zero-order valence-electron chi connectivity index (χ0n) is 10.4. The highest BCUT2D eigenvalue weighted by Gasteiger charge is 2.15. The van der Waals surface area contributed by atoms with Gasteiger partial charge in [0.1, 0.15) is 5.02 Å². The van der Waals surface area contributed by atoms with Gasteiger partial charge in [-0.3, -0.25) is 0 Å². The number of anilines is 1. The van der Waals surface area contributed by atoms with Gasteiger partial charge in [0.05, 0.1) is 13.3 Å². The second-order valence-corrected chi connectivity index (χ2v) is 4.53. The molecule has 0 aromatic carbocycles. The maximum Gasteiger partial charge on any atom is 0.318 e. The molecular weight excluding hydrogens is 240 g/mol. The third kappa shape index (κ3) is 4.02. The molecule has 1 atom stereocenters. The molecule has 1 heterocycles. The second-order valence-electron chi connectivity index (χ2n) is 4.13. The first-order valence-electron chi connectivity index (χ1n) is 5.61. The summed E-state index contributed by atoms with van der Waals surface area (Å²) in [6.07, 6.45) is 2.38. The van der Waals surface area contributed by atoms with E-state index in [0.29, 0.717) is 29.3 Å². The van der Waals surface area contributed by atoms with Gasteiger partial charge in [-0.15, -0.1) is 0 Å². The maximum atomic E-state index is 6.03. The van der Waals surface area contributed by atoms with Gasteiger partial charge in [0.25, 0.3) is 0 Å². The standard InChI is InChI=1S/C11H19ClN4O/c1-7(2)9(4-5-13)15-10-8(12)6-14-11(16-10)17-3/h6-7,9H,4-5,13H2,1-3H3,(H,14,15,16). The van der Waals surface area contributed by atoms with Crippen LogP contribution in [-0.4, -0.2) is 29.7 Å². The number of halogens is 1. The summed E-state index contributed by atoms with van der Waals surface area (Å²) in [5.74, 6) is 1.03. The number of aromatic nitrogens is 2. The maximum absolute atomic E-state index is 6.03. The molecule has 3 N–H and O–H groups in total. The van der Waals surface area contributed by atoms with E-state index in [-0.39, 0.29) is 6.04 Å². The van der Waals surface area contributed by atoms with Crippen molar-refractivity contribution in [3.8, 4) is 6.01 Å². The number of nitrogens with one attached hydrogen (secondary N) is 1. The predicted octanol–water partition coefficient (Wildman–Crippen LogP) is 1.92. The van der Waals surface area contributed by atoms with Crippen molar-refractivity contribution in [3.05, 3.63) is 11.2 Å². The van der Waals surface area contributed by atoms with Gasteiger partial charge in [-0.05, 0) is 18.9 Å². The van der Waals surface area contributed by atoms with Gasteiger partial charge in [0.15, 0.2) is 5.82 Å². The first-order valence-corrected chi connectivity index (χ1v) is 5.99. The molecule has 17 heavy (non-hydrogen) atoms. The molecule has 0 aliphatic carbocycles. The summed E-state index contributed by atoms with van der Waals surface area (Å²) in [5.41, 5.74) is 5.58. The zero-order chi connectivity index (χ0) is 12.8. The summed E-state index contributed by atoms with van der Waals surface area (Å²) < 4.78 is 4.97. The smallest absolute Gasteiger partial charge is 0.318 e. The van der Waals surface area contributed by atoms with Gasteiger partial charge in [-0.2, -0.15) is 4.98 Å². The third-order valence-electron chi connectivity index (χ3n) is 2.51. The normalized spacial score (nSPS) is 12.6. The largest absolute Gasteiger partial charge is 0.467 e. The predicted molar refractivity (Wildman–Crippen MR) is 69.5 cm³/mol. The minimum atomic E-state index is 0.233. The lowest BCUT2D eigenvalue weighted by atomic mass is 10.0. The van der Waals surface area contributed by atoms with Crippen molar-refractivity contribution in [2.24, 2.45) is 11.7 Å². The molecule has 96 valence electrons. The van der Waals surface area contributed by atoms with E-state index in [4.69, 9.17) is 22.1 Å². The Labute approximate surface area is 107 Å². The van der Waals surface area contributed by atoms with Crippen molar-refractivity contribution in [1.82, 2.24) is 9.97 Å². The number of nitrogens with two attached hydrogens (primary N) is 1. The Kier molecular flexibility index (Phi) is 5.44. The molecule has 0 saturated carbocycles. The van der Waals surface area contributed by atoms with E-state index in [1.807, 2.05) is 0 Å². The first-order chi connectivity index (χ1) is 8.08. The zero-order valence-corrected chi connectivity index (χ0v) is 11.2. The number of rotatable bonds is 6. The van der Waals surface area contributed by atoms with Gasteiger partial charge >= 0.3 is 6.01 Å². The molecule has 1 rings (SSSR count). The monoisotopic (exact) mass is 258 g/mol. The fraction of sp³-hybridized carbons (Fsp3) is 0.636. The van der Waals surface area contributed by atoms with Crippen LogP contribution >= 0.6 is 11.6 Å². The van der Waals surface area contributed by atoms with Crippen molar-refractivity contribution in [2.45, 2.75) is 26.3 Å². The van der Waals surface area contributed by atoms with Crippen LogP contribution in [0, 0.1) is 5.92 Å². The topological polar surface area (TPSA) is 73.1 Å². The molecule has 1 aromatic rings. The van der Waals surface area contributed by atoms with E-state index >= 15 is 0 Å². The van der Waals surface area contributed by atoms with Gasteiger partial charge in [-0.1, -0.05) is 25.4 Å². The van der Waals surface area contributed by atoms with Gasteiger partial charge in [-0.25, -0.2) is 4.98 Å². The minimum Gasteiger partial charge on any atom is -0.467 e. The Hall–Kier alpha value is -1.07. The van der Waals surface area contributed by atoms with Crippen LogP contribution in [0.5, 0.6) is 6.01 Å². The Morgan fingerprint density at radius 2 is 2.24 bits per heavy atom. The Morgan fingerprint density at radius 3 is 2.76 bits per heavy atom. The highest BCUT2D eigenvalue weighted by Crippen LogP contribution is 2.23. The number of ether oxygens (including phenoxy) is 1. The molecule has 0 bridgehead atoms. The second kappa shape index (κ2) is 6.61. The average Bonchev–Trinajstić information content (AvgIpc) is 2.31. The lowest BCUT2D eigenvalue weighted by Crippen LogP contribution is -2.29. The highest BCUT2D eigenvalue weighted by atomic mass is 35.5. The number of methoxy groups -OCH3 is 1. The van der Waals surface area contributed by atoms with E-state index in [9.17, 15) is 0 Å². The summed E-state index contributed by atoms with van der Waals surface area (Å²) in [7, 11) is 1.52. The molecule has 1 unspecified atom stereocenters. The van der Waals surface area contributed by atoms with Crippen LogP contribution in [0.15, 0.2) is 6.20 Å². The van der Waals surface area contributed by atoms with E-state index < -0.39 is 0 Å². The first kappa shape index (κ1) is 14.0. The molecule has 0 aliphatic heterocycles. The number of hydrogen-bond donors (Lipinski definition) is 2. The van der Waals surface area contributed by atoms with E-state index in [2.05, 4.69) is 29.1 Å². The molecule has 0 saturated heterocycles.